The van der Waals surface area contributed by atoms with Crippen LogP contribution in [0.4, 0.5) is 0 Å². The van der Waals surface area contributed by atoms with Crippen molar-refractivity contribution in [2.75, 3.05) is 54.1 Å². The van der Waals surface area contributed by atoms with Crippen LogP contribution < -0.4 is 0 Å². The molecule has 0 aliphatic heterocycles. The van der Waals surface area contributed by atoms with Crippen LogP contribution in [0.2, 0.25) is 0 Å². The minimum absolute atomic E-state index is 0.0824. The van der Waals surface area contributed by atoms with Crippen molar-refractivity contribution >= 4 is 13.8 Å². The molecule has 0 amide bonds. The Balaban J connectivity index is 4.17. The molecule has 0 aromatic heterocycles. The largest absolute Gasteiger partial charge is 0.472 e. The van der Waals surface area contributed by atoms with Crippen molar-refractivity contribution in [2.24, 2.45) is 0 Å². The Morgan fingerprint density at radius 3 is 1.34 bits per heavy atom. The maximum Gasteiger partial charge on any atom is 0.472 e. The molecule has 362 valence electrons. The van der Waals surface area contributed by atoms with Gasteiger partial charge in [0.15, 0.2) is 0 Å². The Kier molecular flexibility index (Phi) is 44.4. The van der Waals surface area contributed by atoms with Crippen LogP contribution in [0.25, 0.3) is 0 Å². The van der Waals surface area contributed by atoms with Crippen molar-refractivity contribution in [1.29, 1.82) is 0 Å². The van der Waals surface area contributed by atoms with Crippen molar-refractivity contribution in [1.82, 2.24) is 0 Å². The second kappa shape index (κ2) is 45.8. The topological polar surface area (TPSA) is 91.3 Å². The molecule has 0 aliphatic carbocycles. The molecule has 0 aromatic carbocycles. The van der Waals surface area contributed by atoms with Crippen LogP contribution in [0.3, 0.4) is 0 Å². The predicted molar refractivity (Wildman–Crippen MR) is 266 cm³/mol. The number of quaternary nitrogens is 1. The Labute approximate surface area is 383 Å². The van der Waals surface area contributed by atoms with E-state index in [2.05, 4.69) is 74.6 Å². The van der Waals surface area contributed by atoms with Gasteiger partial charge < -0.3 is 18.9 Å². The molecule has 0 spiro atoms. The second-order valence-electron chi connectivity index (χ2n) is 18.2. The number of allylic oxidation sites excluding steroid dienone is 10. The highest BCUT2D eigenvalue weighted by Crippen LogP contribution is 2.43. The quantitative estimate of drug-likeness (QED) is 0.0214. The van der Waals surface area contributed by atoms with E-state index >= 15 is 0 Å². The summed E-state index contributed by atoms with van der Waals surface area (Å²) in [7, 11) is 1.65. The number of esters is 1. The summed E-state index contributed by atoms with van der Waals surface area (Å²) in [5.74, 6) is -0.330. The van der Waals surface area contributed by atoms with Gasteiger partial charge in [0.2, 0.25) is 0 Å². The summed E-state index contributed by atoms with van der Waals surface area (Å²) >= 11 is 0. The van der Waals surface area contributed by atoms with Crippen LogP contribution in [0.5, 0.6) is 0 Å². The number of nitrogens with zero attached hydrogens (tertiary/aromatic N) is 1. The van der Waals surface area contributed by atoms with Crippen LogP contribution in [-0.2, 0) is 27.9 Å². The van der Waals surface area contributed by atoms with E-state index in [1.165, 1.54) is 122 Å². The molecule has 0 heterocycles. The molecule has 2 atom stereocenters. The molecule has 0 rings (SSSR count). The highest BCUT2D eigenvalue weighted by Gasteiger charge is 2.26. The Hall–Kier alpha value is -1.80. The van der Waals surface area contributed by atoms with E-state index in [-0.39, 0.29) is 25.8 Å². The molecule has 1 N–H and O–H groups in total. The van der Waals surface area contributed by atoms with E-state index in [9.17, 15) is 14.3 Å². The fourth-order valence-corrected chi connectivity index (χ4v) is 7.57. The zero-order valence-corrected chi connectivity index (χ0v) is 42.0. The number of likely N-dealkylation sites (N-methyl/N-ethyl adjacent to an activating group) is 1. The zero-order chi connectivity index (χ0) is 45.5. The van der Waals surface area contributed by atoms with Gasteiger partial charge in [-0.05, 0) is 83.5 Å². The summed E-state index contributed by atoms with van der Waals surface area (Å²) in [4.78, 5) is 23.0. The first kappa shape index (κ1) is 60.2. The van der Waals surface area contributed by atoms with Gasteiger partial charge in [0, 0.05) is 13.0 Å². The van der Waals surface area contributed by atoms with Crippen LogP contribution >= 0.6 is 7.82 Å². The summed E-state index contributed by atoms with van der Waals surface area (Å²) in [5.41, 5.74) is 0. The summed E-state index contributed by atoms with van der Waals surface area (Å²) in [6.45, 7) is 5.57. The summed E-state index contributed by atoms with van der Waals surface area (Å²) < 4.78 is 35.1. The summed E-state index contributed by atoms with van der Waals surface area (Å²) in [5, 5.41) is 0. The Morgan fingerprint density at radius 2 is 0.887 bits per heavy atom. The van der Waals surface area contributed by atoms with Crippen molar-refractivity contribution in [3.63, 3.8) is 0 Å². The van der Waals surface area contributed by atoms with Crippen molar-refractivity contribution in [3.05, 3.63) is 60.8 Å². The monoisotopic (exact) mass is 893 g/mol. The number of hydrogen-bond acceptors (Lipinski definition) is 6. The number of carbonyl (C=O) groups excluding carboxylic acids is 1. The van der Waals surface area contributed by atoms with Gasteiger partial charge in [0.05, 0.1) is 34.4 Å². The predicted octanol–water partition coefficient (Wildman–Crippen LogP) is 15.7. The van der Waals surface area contributed by atoms with Crippen LogP contribution in [-0.4, -0.2) is 75.6 Å². The standard InChI is InChI=1S/C53H98NO7P/c1-6-8-10-12-14-16-18-20-22-24-25-26-27-28-29-30-31-33-35-37-39-41-43-45-48-58-50-52(51-60-62(56,57)59-49-47-54(3,4)5)61-53(55)46-44-42-40-38-36-34-32-23-21-19-17-15-13-11-9-7-2/h17-20,23-25,27-28,32,52H,6-16,21-22,26,29-31,33-51H2,1-5H3/p+1/b19-17-,20-18-,25-24-,28-27-,32-23-. The summed E-state index contributed by atoms with van der Waals surface area (Å²) in [6.07, 6.45) is 58.3. The molecule has 0 saturated heterocycles. The normalized spacial score (nSPS) is 14.1. The zero-order valence-electron chi connectivity index (χ0n) is 41.1. The molecule has 0 saturated carbocycles. The van der Waals surface area contributed by atoms with E-state index in [1.807, 2.05) is 21.1 Å². The van der Waals surface area contributed by atoms with Crippen LogP contribution in [0, 0.1) is 0 Å². The molecule has 0 fully saturated rings. The molecule has 0 radical (unpaired) electrons. The van der Waals surface area contributed by atoms with Gasteiger partial charge >= 0.3 is 13.8 Å². The number of carbonyl (C=O) groups is 1. The van der Waals surface area contributed by atoms with E-state index < -0.39 is 13.9 Å². The molecule has 0 aliphatic rings. The maximum atomic E-state index is 12.7. The first-order valence-electron chi connectivity index (χ1n) is 25.5. The highest BCUT2D eigenvalue weighted by atomic mass is 31.2. The second-order valence-corrected chi connectivity index (χ2v) is 19.6. The molecule has 62 heavy (non-hydrogen) atoms. The molecule has 8 nitrogen and oxygen atoms in total. The SMILES string of the molecule is CCCCCC/C=C\C/C=C\CCCCCCCC(=O)OC(COCCCCCCCCCCC/C=C\C/C=C\C/C=C\CCCCCCC)COP(=O)(O)OCC[N+](C)(C)C. The number of unbranched alkanes of at least 4 members (excludes halogenated alkanes) is 23. The van der Waals surface area contributed by atoms with Gasteiger partial charge in [0.25, 0.3) is 0 Å². The first-order chi connectivity index (χ1) is 30.1. The van der Waals surface area contributed by atoms with Gasteiger partial charge in [-0.25, -0.2) is 4.57 Å². The van der Waals surface area contributed by atoms with E-state index in [0.29, 0.717) is 24.1 Å². The van der Waals surface area contributed by atoms with Gasteiger partial charge in [-0.15, -0.1) is 0 Å². The van der Waals surface area contributed by atoms with E-state index in [4.69, 9.17) is 18.5 Å². The lowest BCUT2D eigenvalue weighted by Crippen LogP contribution is -2.37. The highest BCUT2D eigenvalue weighted by molar-refractivity contribution is 7.47. The lowest BCUT2D eigenvalue weighted by atomic mass is 10.1. The fraction of sp³-hybridized carbons (Fsp3) is 0.792. The van der Waals surface area contributed by atoms with Gasteiger partial charge in [-0.3, -0.25) is 13.8 Å². The molecular weight excluding hydrogens is 794 g/mol. The third-order valence-corrected chi connectivity index (χ3v) is 11.8. The maximum absolute atomic E-state index is 12.7. The number of phosphoric ester groups is 1. The average Bonchev–Trinajstić information content (AvgIpc) is 3.23. The van der Waals surface area contributed by atoms with Crippen molar-refractivity contribution < 1.29 is 37.3 Å². The minimum Gasteiger partial charge on any atom is -0.457 e. The first-order valence-corrected chi connectivity index (χ1v) is 27.0. The van der Waals surface area contributed by atoms with Gasteiger partial charge in [-0.2, -0.15) is 0 Å². The number of rotatable bonds is 47. The molecule has 0 bridgehead atoms. The van der Waals surface area contributed by atoms with Crippen LogP contribution in [0.1, 0.15) is 213 Å². The lowest BCUT2D eigenvalue weighted by Gasteiger charge is -2.24. The molecule has 2 unspecified atom stereocenters. The third kappa shape index (κ3) is 49.2. The third-order valence-electron chi connectivity index (χ3n) is 10.8. The molecule has 0 aromatic rings. The van der Waals surface area contributed by atoms with Gasteiger partial charge in [-0.1, -0.05) is 184 Å². The molecular formula is C53H99NO7P+. The molecule has 9 heteroatoms. The minimum atomic E-state index is -4.29. The Bertz CT molecular complexity index is 1170. The smallest absolute Gasteiger partial charge is 0.457 e. The lowest BCUT2D eigenvalue weighted by molar-refractivity contribution is -0.870. The van der Waals surface area contributed by atoms with Crippen molar-refractivity contribution in [2.45, 2.75) is 219 Å². The average molecular weight is 893 g/mol. The number of hydrogen-bond donors (Lipinski definition) is 1. The Morgan fingerprint density at radius 1 is 0.500 bits per heavy atom. The van der Waals surface area contributed by atoms with Gasteiger partial charge in [0.1, 0.15) is 19.3 Å². The number of phosphoric acid groups is 1. The number of ether oxygens (including phenoxy) is 2. The fourth-order valence-electron chi connectivity index (χ4n) is 6.83. The van der Waals surface area contributed by atoms with Crippen molar-refractivity contribution in [3.8, 4) is 0 Å². The van der Waals surface area contributed by atoms with Crippen LogP contribution in [0.15, 0.2) is 60.8 Å². The summed E-state index contributed by atoms with van der Waals surface area (Å²) in [6, 6.07) is 0. The van der Waals surface area contributed by atoms with E-state index in [1.54, 1.807) is 0 Å². The van der Waals surface area contributed by atoms with E-state index in [0.717, 1.165) is 70.6 Å².